The highest BCUT2D eigenvalue weighted by Gasteiger charge is 2.19. The summed E-state index contributed by atoms with van der Waals surface area (Å²) in [6, 6.07) is 13.7. The Morgan fingerprint density at radius 1 is 0.839 bits per heavy atom. The van der Waals surface area contributed by atoms with E-state index >= 15 is 0 Å². The molecule has 160 valence electrons. The van der Waals surface area contributed by atoms with E-state index in [0.29, 0.717) is 50.9 Å². The van der Waals surface area contributed by atoms with E-state index in [4.69, 9.17) is 23.4 Å². The molecular weight excluding hydrogens is 403 g/mol. The third-order valence-corrected chi connectivity index (χ3v) is 4.80. The molecule has 0 bridgehead atoms. The summed E-state index contributed by atoms with van der Waals surface area (Å²) >= 11 is 0. The van der Waals surface area contributed by atoms with Gasteiger partial charge in [0.1, 0.15) is 17.1 Å². The highest BCUT2D eigenvalue weighted by molar-refractivity contribution is 5.93. The van der Waals surface area contributed by atoms with Crippen molar-refractivity contribution in [3.63, 3.8) is 0 Å². The maximum Gasteiger partial charge on any atom is 0.300 e. The molecule has 1 heterocycles. The Morgan fingerprint density at radius 2 is 1.52 bits per heavy atom. The molecule has 0 radical (unpaired) electrons. The first-order valence-corrected chi connectivity index (χ1v) is 9.39. The molecule has 1 aromatic heterocycles. The molecule has 0 saturated carbocycles. The Hall–Kier alpha value is -3.94. The topological polar surface area (TPSA) is 75.0 Å². The van der Waals surface area contributed by atoms with Gasteiger partial charge in [-0.15, -0.1) is 0 Å². The second-order valence-electron chi connectivity index (χ2n) is 6.53. The van der Waals surface area contributed by atoms with Crippen LogP contribution in [0, 0.1) is 5.82 Å². The Balaban J connectivity index is 1.78. The molecule has 1 N–H and O–H groups in total. The Kier molecular flexibility index (Phi) is 5.53. The summed E-state index contributed by atoms with van der Waals surface area (Å²) in [5, 5.41) is 3.10. The van der Waals surface area contributed by atoms with Crippen LogP contribution in [0.25, 0.3) is 22.2 Å². The number of ether oxygens (including phenoxy) is 4. The monoisotopic (exact) mass is 424 g/mol. The maximum atomic E-state index is 14.6. The lowest BCUT2D eigenvalue weighted by molar-refractivity contribution is 0.324. The van der Waals surface area contributed by atoms with Crippen LogP contribution in [0.1, 0.15) is 0 Å². The molecule has 4 aromatic rings. The zero-order valence-electron chi connectivity index (χ0n) is 17.5. The molecule has 0 aliphatic heterocycles. The molecule has 0 saturated heterocycles. The van der Waals surface area contributed by atoms with Crippen molar-refractivity contribution < 1.29 is 27.8 Å². The molecule has 0 atom stereocenters. The number of para-hydroxylation sites is 1. The first-order valence-electron chi connectivity index (χ1n) is 9.39. The van der Waals surface area contributed by atoms with Crippen molar-refractivity contribution in [3.05, 3.63) is 54.3 Å². The highest BCUT2D eigenvalue weighted by atomic mass is 19.1. The summed E-state index contributed by atoms with van der Waals surface area (Å²) in [5.41, 5.74) is 2.47. The molecule has 0 amide bonds. The fraction of sp³-hybridized carbons (Fsp3) is 0.174. The quantitative estimate of drug-likeness (QED) is 0.425. The lowest BCUT2D eigenvalue weighted by Crippen LogP contribution is -1.97. The molecule has 0 aliphatic carbocycles. The van der Waals surface area contributed by atoms with Crippen LogP contribution >= 0.6 is 0 Å². The molecule has 0 unspecified atom stereocenters. The molecule has 7 nitrogen and oxygen atoms in total. The van der Waals surface area contributed by atoms with Crippen molar-refractivity contribution in [2.24, 2.45) is 0 Å². The van der Waals surface area contributed by atoms with Gasteiger partial charge in [0.2, 0.25) is 5.75 Å². The number of aromatic nitrogens is 1. The van der Waals surface area contributed by atoms with Gasteiger partial charge in [-0.2, -0.15) is 4.98 Å². The van der Waals surface area contributed by atoms with Crippen molar-refractivity contribution in [1.29, 1.82) is 0 Å². The minimum absolute atomic E-state index is 0.229. The third kappa shape index (κ3) is 3.68. The van der Waals surface area contributed by atoms with Gasteiger partial charge in [-0.1, -0.05) is 18.2 Å². The van der Waals surface area contributed by atoms with Crippen molar-refractivity contribution in [2.75, 3.05) is 33.8 Å². The number of methoxy groups -OCH3 is 4. The van der Waals surface area contributed by atoms with Crippen LogP contribution in [0.5, 0.6) is 23.0 Å². The van der Waals surface area contributed by atoms with E-state index in [-0.39, 0.29) is 6.01 Å². The summed E-state index contributed by atoms with van der Waals surface area (Å²) in [4.78, 5) is 4.48. The number of nitrogens with one attached hydrogen (secondary N) is 1. The van der Waals surface area contributed by atoms with Crippen LogP contribution < -0.4 is 24.3 Å². The zero-order chi connectivity index (χ0) is 22.0. The standard InChI is InChI=1S/C23H21FN2O5/c1-27-17-10-6-8-15(24)20(17)14-7-5-9-16-21(14)31-23(26-16)25-13-11-18(28-2)22(30-4)19(12-13)29-3/h5-12H,1-4H3,(H,25,26). The SMILES string of the molecule is COc1cc(Nc2nc3cccc(-c4c(F)cccc4OC)c3o2)cc(OC)c1OC. The van der Waals surface area contributed by atoms with E-state index in [2.05, 4.69) is 10.3 Å². The number of hydrogen-bond donors (Lipinski definition) is 1. The zero-order valence-corrected chi connectivity index (χ0v) is 17.5. The second kappa shape index (κ2) is 8.43. The first-order chi connectivity index (χ1) is 15.1. The van der Waals surface area contributed by atoms with Crippen molar-refractivity contribution in [1.82, 2.24) is 4.98 Å². The number of anilines is 2. The van der Waals surface area contributed by atoms with Gasteiger partial charge in [0.15, 0.2) is 17.1 Å². The van der Waals surface area contributed by atoms with Crippen LogP contribution in [0.3, 0.4) is 0 Å². The summed E-state index contributed by atoms with van der Waals surface area (Å²) in [6.07, 6.45) is 0. The Bertz CT molecular complexity index is 1210. The predicted molar refractivity (Wildman–Crippen MR) is 115 cm³/mol. The highest BCUT2D eigenvalue weighted by Crippen LogP contribution is 2.42. The smallest absolute Gasteiger partial charge is 0.300 e. The molecule has 31 heavy (non-hydrogen) atoms. The van der Waals surface area contributed by atoms with Gasteiger partial charge in [0, 0.05) is 23.4 Å². The molecule has 4 rings (SSSR count). The maximum absolute atomic E-state index is 14.6. The van der Waals surface area contributed by atoms with E-state index in [9.17, 15) is 4.39 Å². The third-order valence-electron chi connectivity index (χ3n) is 4.80. The Morgan fingerprint density at radius 3 is 2.16 bits per heavy atom. The number of nitrogens with zero attached hydrogens (tertiary/aromatic N) is 1. The van der Waals surface area contributed by atoms with Crippen molar-refractivity contribution >= 4 is 22.8 Å². The normalized spacial score (nSPS) is 10.7. The predicted octanol–water partition coefficient (Wildman–Crippen LogP) is 5.41. The van der Waals surface area contributed by atoms with Gasteiger partial charge in [-0.05, 0) is 18.2 Å². The first kappa shape index (κ1) is 20.3. The fourth-order valence-electron chi connectivity index (χ4n) is 3.41. The number of fused-ring (bicyclic) bond motifs is 1. The average molecular weight is 424 g/mol. The number of benzene rings is 3. The second-order valence-corrected chi connectivity index (χ2v) is 6.53. The summed E-state index contributed by atoms with van der Waals surface area (Å²) in [6.45, 7) is 0. The molecular formula is C23H21FN2O5. The summed E-state index contributed by atoms with van der Waals surface area (Å²) in [5.74, 6) is 1.43. The molecule has 0 aliphatic rings. The van der Waals surface area contributed by atoms with Crippen LogP contribution in [-0.4, -0.2) is 33.4 Å². The lowest BCUT2D eigenvalue weighted by Gasteiger charge is -2.14. The number of hydrogen-bond acceptors (Lipinski definition) is 7. The van der Waals surface area contributed by atoms with Gasteiger partial charge in [0.25, 0.3) is 6.01 Å². The van der Waals surface area contributed by atoms with Gasteiger partial charge >= 0.3 is 0 Å². The van der Waals surface area contributed by atoms with E-state index in [1.54, 1.807) is 42.5 Å². The summed E-state index contributed by atoms with van der Waals surface area (Å²) in [7, 11) is 6.10. The van der Waals surface area contributed by atoms with Gasteiger partial charge in [-0.3, -0.25) is 0 Å². The van der Waals surface area contributed by atoms with Gasteiger partial charge in [-0.25, -0.2) is 4.39 Å². The molecule has 8 heteroatoms. The largest absolute Gasteiger partial charge is 0.496 e. The van der Waals surface area contributed by atoms with Crippen LogP contribution in [0.15, 0.2) is 52.9 Å². The molecule has 0 spiro atoms. The fourth-order valence-corrected chi connectivity index (χ4v) is 3.41. The minimum Gasteiger partial charge on any atom is -0.496 e. The lowest BCUT2D eigenvalue weighted by atomic mass is 10.0. The van der Waals surface area contributed by atoms with E-state index in [0.717, 1.165) is 0 Å². The van der Waals surface area contributed by atoms with E-state index in [1.807, 2.05) is 0 Å². The van der Waals surface area contributed by atoms with Crippen LogP contribution in [0.2, 0.25) is 0 Å². The van der Waals surface area contributed by atoms with Crippen LogP contribution in [-0.2, 0) is 0 Å². The average Bonchev–Trinajstić information content (AvgIpc) is 3.20. The summed E-state index contributed by atoms with van der Waals surface area (Å²) < 4.78 is 42.1. The Labute approximate surface area is 178 Å². The van der Waals surface area contributed by atoms with Gasteiger partial charge < -0.3 is 28.7 Å². The van der Waals surface area contributed by atoms with E-state index < -0.39 is 5.82 Å². The van der Waals surface area contributed by atoms with Crippen molar-refractivity contribution in [3.8, 4) is 34.1 Å². The van der Waals surface area contributed by atoms with Gasteiger partial charge in [0.05, 0.1) is 34.0 Å². The van der Waals surface area contributed by atoms with Crippen LogP contribution in [0.4, 0.5) is 16.1 Å². The molecule has 3 aromatic carbocycles. The number of rotatable bonds is 7. The van der Waals surface area contributed by atoms with E-state index in [1.165, 1.54) is 34.5 Å². The number of oxazole rings is 1. The molecule has 0 fully saturated rings. The minimum atomic E-state index is -0.414. The number of halogens is 1. The van der Waals surface area contributed by atoms with Crippen molar-refractivity contribution in [2.45, 2.75) is 0 Å².